The lowest BCUT2D eigenvalue weighted by atomic mass is 9.87. The van der Waals surface area contributed by atoms with Crippen LogP contribution in [-0.4, -0.2) is 38.6 Å². The smallest absolute Gasteiger partial charge is 0.267 e. The molecule has 5 nitrogen and oxygen atoms in total. The molecule has 1 atom stereocenters. The van der Waals surface area contributed by atoms with Crippen molar-refractivity contribution in [3.63, 3.8) is 0 Å². The van der Waals surface area contributed by atoms with Crippen LogP contribution in [0, 0.1) is 5.92 Å². The molecule has 1 aromatic carbocycles. The minimum atomic E-state index is -0.454. The van der Waals surface area contributed by atoms with Crippen molar-refractivity contribution >= 4 is 17.4 Å². The molecule has 1 N–H and O–H groups in total. The molecule has 1 fully saturated rings. The summed E-state index contributed by atoms with van der Waals surface area (Å²) in [6.45, 7) is 3.33. The van der Waals surface area contributed by atoms with Gasteiger partial charge in [-0.15, -0.1) is 5.10 Å². The number of aliphatic hydroxyl groups excluding tert-OH is 1. The first-order valence-corrected chi connectivity index (χ1v) is 8.81. The zero-order valence-corrected chi connectivity index (χ0v) is 14.0. The number of aromatic nitrogens is 2. The number of piperidine rings is 1. The first kappa shape index (κ1) is 16.1. The van der Waals surface area contributed by atoms with Gasteiger partial charge in [0.2, 0.25) is 0 Å². The number of carbonyl (C=O) groups is 1. The summed E-state index contributed by atoms with van der Waals surface area (Å²) in [5.74, 6) is 0.233. The molecule has 0 saturated carbocycles. The molecule has 0 unspecified atom stereocenters. The van der Waals surface area contributed by atoms with Crippen LogP contribution < -0.4 is 0 Å². The molecule has 6 heteroatoms. The van der Waals surface area contributed by atoms with E-state index in [1.54, 1.807) is 0 Å². The molecule has 1 aliphatic rings. The van der Waals surface area contributed by atoms with Crippen molar-refractivity contribution in [3.05, 3.63) is 46.5 Å². The molecule has 1 amide bonds. The number of hydrogen-bond donors (Lipinski definition) is 1. The minimum Gasteiger partial charge on any atom is -0.388 e. The van der Waals surface area contributed by atoms with Crippen molar-refractivity contribution in [3.8, 4) is 0 Å². The van der Waals surface area contributed by atoms with E-state index >= 15 is 0 Å². The van der Waals surface area contributed by atoms with Gasteiger partial charge in [0, 0.05) is 13.1 Å². The van der Waals surface area contributed by atoms with Crippen molar-refractivity contribution in [2.45, 2.75) is 32.3 Å². The molecule has 1 aromatic heterocycles. The summed E-state index contributed by atoms with van der Waals surface area (Å²) in [5, 5.41) is 14.5. The first-order valence-electron chi connectivity index (χ1n) is 8.04. The second kappa shape index (κ2) is 7.19. The standard InChI is InChI=1S/C17H21N3O2S/c1-2-14-16(23-19-18-14)17(22)20-10-8-13(9-11-20)15(21)12-6-4-3-5-7-12/h3-7,13,15,21H,2,8-11H2,1H3/t15-/m1/s1. The number of rotatable bonds is 4. The third-order valence-electron chi connectivity index (χ3n) is 4.50. The van der Waals surface area contributed by atoms with Gasteiger partial charge in [-0.05, 0) is 42.3 Å². The summed E-state index contributed by atoms with van der Waals surface area (Å²) in [6, 6.07) is 9.75. The van der Waals surface area contributed by atoms with Gasteiger partial charge in [-0.25, -0.2) is 0 Å². The van der Waals surface area contributed by atoms with Crippen molar-refractivity contribution < 1.29 is 9.90 Å². The van der Waals surface area contributed by atoms with Crippen LogP contribution in [-0.2, 0) is 6.42 Å². The highest BCUT2D eigenvalue weighted by Gasteiger charge is 2.30. The van der Waals surface area contributed by atoms with Gasteiger partial charge in [-0.1, -0.05) is 41.7 Å². The zero-order chi connectivity index (χ0) is 16.2. The van der Waals surface area contributed by atoms with Gasteiger partial charge >= 0.3 is 0 Å². The lowest BCUT2D eigenvalue weighted by Gasteiger charge is -2.34. The number of nitrogens with zero attached hydrogens (tertiary/aromatic N) is 3. The van der Waals surface area contributed by atoms with E-state index in [1.165, 1.54) is 11.5 Å². The SMILES string of the molecule is CCc1nnsc1C(=O)N1CCC([C@H](O)c2ccccc2)CC1. The van der Waals surface area contributed by atoms with Gasteiger partial charge in [-0.2, -0.15) is 0 Å². The number of likely N-dealkylation sites (tertiary alicyclic amines) is 1. The number of hydrogen-bond acceptors (Lipinski definition) is 5. The van der Waals surface area contributed by atoms with Crippen LogP contribution in [0.3, 0.4) is 0 Å². The number of aryl methyl sites for hydroxylation is 1. The maximum atomic E-state index is 12.6. The monoisotopic (exact) mass is 331 g/mol. The van der Waals surface area contributed by atoms with E-state index in [1.807, 2.05) is 42.2 Å². The van der Waals surface area contributed by atoms with Crippen LogP contribution in [0.5, 0.6) is 0 Å². The third-order valence-corrected chi connectivity index (χ3v) is 5.26. The van der Waals surface area contributed by atoms with Crippen LogP contribution in [0.4, 0.5) is 0 Å². The summed E-state index contributed by atoms with van der Waals surface area (Å²) < 4.78 is 3.90. The Kier molecular flexibility index (Phi) is 5.03. The molecule has 0 bridgehead atoms. The van der Waals surface area contributed by atoms with Gasteiger partial charge in [0.25, 0.3) is 5.91 Å². The van der Waals surface area contributed by atoms with Gasteiger partial charge in [-0.3, -0.25) is 4.79 Å². The van der Waals surface area contributed by atoms with E-state index in [-0.39, 0.29) is 11.8 Å². The molecule has 2 heterocycles. The number of benzene rings is 1. The molecular formula is C17H21N3O2S. The van der Waals surface area contributed by atoms with E-state index in [0.717, 1.165) is 30.5 Å². The maximum Gasteiger partial charge on any atom is 0.267 e. The Labute approximate surface area is 140 Å². The fourth-order valence-corrected chi connectivity index (χ4v) is 3.81. The highest BCUT2D eigenvalue weighted by molar-refractivity contribution is 7.08. The Bertz CT molecular complexity index is 651. The maximum absolute atomic E-state index is 12.6. The van der Waals surface area contributed by atoms with Crippen LogP contribution in [0.1, 0.15) is 46.8 Å². The normalized spacial score (nSPS) is 17.2. The van der Waals surface area contributed by atoms with Crippen LogP contribution in [0.25, 0.3) is 0 Å². The Hall–Kier alpha value is -1.79. The molecule has 122 valence electrons. The van der Waals surface area contributed by atoms with Gasteiger partial charge in [0.1, 0.15) is 4.88 Å². The van der Waals surface area contributed by atoms with Gasteiger partial charge < -0.3 is 10.0 Å². The zero-order valence-electron chi connectivity index (χ0n) is 13.2. The van der Waals surface area contributed by atoms with Gasteiger partial charge in [0.15, 0.2) is 0 Å². The lowest BCUT2D eigenvalue weighted by molar-refractivity contribution is 0.0464. The average molecular weight is 331 g/mol. The largest absolute Gasteiger partial charge is 0.388 e. The highest BCUT2D eigenvalue weighted by Crippen LogP contribution is 2.31. The van der Waals surface area contributed by atoms with Crippen molar-refractivity contribution in [1.82, 2.24) is 14.5 Å². The fourth-order valence-electron chi connectivity index (χ4n) is 3.09. The molecule has 1 saturated heterocycles. The van der Waals surface area contributed by atoms with E-state index in [0.29, 0.717) is 18.0 Å². The molecule has 0 radical (unpaired) electrons. The van der Waals surface area contributed by atoms with E-state index < -0.39 is 6.10 Å². The Morgan fingerprint density at radius 3 is 2.70 bits per heavy atom. The quantitative estimate of drug-likeness (QED) is 0.935. The molecule has 23 heavy (non-hydrogen) atoms. The Morgan fingerprint density at radius 1 is 1.35 bits per heavy atom. The second-order valence-corrected chi connectivity index (χ2v) is 6.64. The van der Waals surface area contributed by atoms with Crippen LogP contribution in [0.15, 0.2) is 30.3 Å². The van der Waals surface area contributed by atoms with Crippen molar-refractivity contribution in [2.75, 3.05) is 13.1 Å². The van der Waals surface area contributed by atoms with Crippen molar-refractivity contribution in [2.24, 2.45) is 5.92 Å². The van der Waals surface area contributed by atoms with Crippen LogP contribution in [0.2, 0.25) is 0 Å². The van der Waals surface area contributed by atoms with Gasteiger partial charge in [0.05, 0.1) is 11.8 Å². The second-order valence-electron chi connectivity index (χ2n) is 5.89. The number of aliphatic hydroxyl groups is 1. The summed E-state index contributed by atoms with van der Waals surface area (Å²) >= 11 is 1.18. The number of carbonyl (C=O) groups excluding carboxylic acids is 1. The van der Waals surface area contributed by atoms with E-state index in [4.69, 9.17) is 0 Å². The lowest BCUT2D eigenvalue weighted by Crippen LogP contribution is -2.39. The Morgan fingerprint density at radius 2 is 2.04 bits per heavy atom. The number of amides is 1. The molecule has 0 aliphatic carbocycles. The molecule has 2 aromatic rings. The average Bonchev–Trinajstić information content (AvgIpc) is 3.10. The summed E-state index contributed by atoms with van der Waals surface area (Å²) in [6.07, 6.45) is 1.90. The molecular weight excluding hydrogens is 310 g/mol. The van der Waals surface area contributed by atoms with E-state index in [9.17, 15) is 9.90 Å². The fraction of sp³-hybridized carbons (Fsp3) is 0.471. The molecule has 3 rings (SSSR count). The Balaban J connectivity index is 1.61. The summed E-state index contributed by atoms with van der Waals surface area (Å²) in [4.78, 5) is 15.1. The van der Waals surface area contributed by atoms with Crippen LogP contribution >= 0.6 is 11.5 Å². The van der Waals surface area contributed by atoms with E-state index in [2.05, 4.69) is 9.59 Å². The summed E-state index contributed by atoms with van der Waals surface area (Å²) in [5.41, 5.74) is 1.74. The molecule has 1 aliphatic heterocycles. The van der Waals surface area contributed by atoms with Crippen molar-refractivity contribution in [1.29, 1.82) is 0 Å². The minimum absolute atomic E-state index is 0.0319. The first-order chi connectivity index (χ1) is 11.2. The predicted octanol–water partition coefficient (Wildman–Crippen LogP) is 2.69. The summed E-state index contributed by atoms with van der Waals surface area (Å²) in [7, 11) is 0. The third kappa shape index (κ3) is 3.43. The predicted molar refractivity (Wildman–Crippen MR) is 89.3 cm³/mol. The topological polar surface area (TPSA) is 66.3 Å². The molecule has 0 spiro atoms. The highest BCUT2D eigenvalue weighted by atomic mass is 32.1.